The van der Waals surface area contributed by atoms with Crippen molar-refractivity contribution in [1.29, 1.82) is 5.26 Å². The standard InChI is InChI=1S/C22H26N2OS/c1-15(2)19-6-5-7-20(16(3)4)22(19)24-21(25)14-26-13-18-10-8-17(12-23)9-11-18/h5-11,15-16H,13-14H2,1-4H3,(H,24,25). The summed E-state index contributed by atoms with van der Waals surface area (Å²) in [5, 5.41) is 12.0. The van der Waals surface area contributed by atoms with Crippen molar-refractivity contribution in [3.63, 3.8) is 0 Å². The third kappa shape index (κ3) is 5.37. The first-order valence-corrected chi connectivity index (χ1v) is 10.1. The fourth-order valence-corrected chi connectivity index (χ4v) is 3.60. The van der Waals surface area contributed by atoms with Gasteiger partial charge in [0, 0.05) is 11.4 Å². The van der Waals surface area contributed by atoms with E-state index in [0.29, 0.717) is 23.2 Å². The average molecular weight is 367 g/mol. The largest absolute Gasteiger partial charge is 0.325 e. The normalized spacial score (nSPS) is 10.8. The molecule has 1 N–H and O–H groups in total. The van der Waals surface area contributed by atoms with Crippen LogP contribution in [0.1, 0.15) is 61.8 Å². The Kier molecular flexibility index (Phi) is 7.29. The summed E-state index contributed by atoms with van der Waals surface area (Å²) in [5.41, 5.74) is 5.11. The lowest BCUT2D eigenvalue weighted by atomic mass is 9.92. The van der Waals surface area contributed by atoms with Crippen LogP contribution in [0.15, 0.2) is 42.5 Å². The van der Waals surface area contributed by atoms with Crippen LogP contribution in [-0.2, 0) is 10.5 Å². The molecule has 0 unspecified atom stereocenters. The topological polar surface area (TPSA) is 52.9 Å². The third-order valence-electron chi connectivity index (χ3n) is 4.22. The average Bonchev–Trinajstić information content (AvgIpc) is 2.62. The van der Waals surface area contributed by atoms with E-state index in [2.05, 4.69) is 57.3 Å². The number of nitriles is 1. The number of nitrogens with one attached hydrogen (secondary N) is 1. The molecule has 0 spiro atoms. The zero-order valence-corrected chi connectivity index (χ0v) is 16.7. The van der Waals surface area contributed by atoms with Crippen molar-refractivity contribution in [1.82, 2.24) is 0 Å². The van der Waals surface area contributed by atoms with Gasteiger partial charge in [0.25, 0.3) is 0 Å². The molecule has 0 fully saturated rings. The highest BCUT2D eigenvalue weighted by molar-refractivity contribution is 7.99. The summed E-state index contributed by atoms with van der Waals surface area (Å²) in [6, 6.07) is 15.9. The van der Waals surface area contributed by atoms with Crippen LogP contribution in [-0.4, -0.2) is 11.7 Å². The first kappa shape index (κ1) is 20.1. The molecule has 0 heterocycles. The van der Waals surface area contributed by atoms with E-state index in [4.69, 9.17) is 5.26 Å². The van der Waals surface area contributed by atoms with Gasteiger partial charge in [0.1, 0.15) is 0 Å². The molecule has 0 saturated carbocycles. The van der Waals surface area contributed by atoms with Crippen LogP contribution in [0.4, 0.5) is 5.69 Å². The fourth-order valence-electron chi connectivity index (χ4n) is 2.81. The number of thioether (sulfide) groups is 1. The van der Waals surface area contributed by atoms with Crippen molar-refractivity contribution in [3.05, 3.63) is 64.7 Å². The second-order valence-corrected chi connectivity index (χ2v) is 7.96. The van der Waals surface area contributed by atoms with E-state index in [1.807, 2.05) is 24.3 Å². The first-order chi connectivity index (χ1) is 12.4. The Balaban J connectivity index is 2.00. The summed E-state index contributed by atoms with van der Waals surface area (Å²) in [6.45, 7) is 8.59. The molecule has 4 heteroatoms. The first-order valence-electron chi connectivity index (χ1n) is 8.91. The van der Waals surface area contributed by atoms with Gasteiger partial charge < -0.3 is 5.32 Å². The molecular weight excluding hydrogens is 340 g/mol. The Bertz CT molecular complexity index is 763. The van der Waals surface area contributed by atoms with E-state index in [-0.39, 0.29) is 5.91 Å². The lowest BCUT2D eigenvalue weighted by Crippen LogP contribution is -2.17. The van der Waals surface area contributed by atoms with Crippen molar-refractivity contribution >= 4 is 23.4 Å². The van der Waals surface area contributed by atoms with Crippen molar-refractivity contribution in [2.24, 2.45) is 0 Å². The molecule has 2 rings (SSSR count). The Morgan fingerprint density at radius 2 is 1.62 bits per heavy atom. The number of carbonyl (C=O) groups excluding carboxylic acids is 1. The van der Waals surface area contributed by atoms with Gasteiger partial charge in [0.2, 0.25) is 5.91 Å². The molecule has 1 amide bonds. The summed E-state index contributed by atoms with van der Waals surface area (Å²) < 4.78 is 0. The highest BCUT2D eigenvalue weighted by atomic mass is 32.2. The highest BCUT2D eigenvalue weighted by Gasteiger charge is 2.15. The Morgan fingerprint density at radius 1 is 1.04 bits per heavy atom. The monoisotopic (exact) mass is 366 g/mol. The minimum atomic E-state index is 0.0265. The molecule has 0 radical (unpaired) electrons. The van der Waals surface area contributed by atoms with Gasteiger partial charge in [-0.3, -0.25) is 4.79 Å². The summed E-state index contributed by atoms with van der Waals surface area (Å²) in [4.78, 5) is 12.5. The smallest absolute Gasteiger partial charge is 0.234 e. The molecule has 0 aliphatic carbocycles. The molecule has 26 heavy (non-hydrogen) atoms. The van der Waals surface area contributed by atoms with Crippen molar-refractivity contribution in [2.45, 2.75) is 45.3 Å². The van der Waals surface area contributed by atoms with Gasteiger partial charge in [-0.15, -0.1) is 11.8 Å². The van der Waals surface area contributed by atoms with Crippen LogP contribution in [0.3, 0.4) is 0 Å². The number of nitrogens with zero attached hydrogens (tertiary/aromatic N) is 1. The molecular formula is C22H26N2OS. The van der Waals surface area contributed by atoms with Crippen LogP contribution in [0.2, 0.25) is 0 Å². The minimum Gasteiger partial charge on any atom is -0.325 e. The lowest BCUT2D eigenvalue weighted by molar-refractivity contribution is -0.113. The molecule has 0 aliphatic heterocycles. The van der Waals surface area contributed by atoms with E-state index in [0.717, 1.165) is 17.0 Å². The van der Waals surface area contributed by atoms with E-state index >= 15 is 0 Å². The number of amides is 1. The highest BCUT2D eigenvalue weighted by Crippen LogP contribution is 2.32. The van der Waals surface area contributed by atoms with Gasteiger partial charge in [0.05, 0.1) is 17.4 Å². The Labute approximate surface area is 160 Å². The van der Waals surface area contributed by atoms with E-state index in [9.17, 15) is 4.79 Å². The van der Waals surface area contributed by atoms with Gasteiger partial charge in [-0.1, -0.05) is 58.0 Å². The minimum absolute atomic E-state index is 0.0265. The third-order valence-corrected chi connectivity index (χ3v) is 5.23. The quantitative estimate of drug-likeness (QED) is 0.686. The second kappa shape index (κ2) is 9.45. The molecule has 136 valence electrons. The van der Waals surface area contributed by atoms with Gasteiger partial charge in [-0.2, -0.15) is 5.26 Å². The zero-order chi connectivity index (χ0) is 19.1. The van der Waals surface area contributed by atoms with Crippen LogP contribution in [0, 0.1) is 11.3 Å². The van der Waals surface area contributed by atoms with Gasteiger partial charge in [-0.05, 0) is 40.7 Å². The van der Waals surface area contributed by atoms with Crippen LogP contribution in [0.25, 0.3) is 0 Å². The number of benzene rings is 2. The van der Waals surface area contributed by atoms with E-state index in [1.54, 1.807) is 11.8 Å². The molecule has 2 aromatic carbocycles. The maximum absolute atomic E-state index is 12.5. The Hall–Kier alpha value is -2.25. The zero-order valence-electron chi connectivity index (χ0n) is 15.9. The molecule has 0 aromatic heterocycles. The lowest BCUT2D eigenvalue weighted by Gasteiger charge is -2.20. The summed E-state index contributed by atoms with van der Waals surface area (Å²) in [5.74, 6) is 1.90. The van der Waals surface area contributed by atoms with Gasteiger partial charge in [0.15, 0.2) is 0 Å². The Morgan fingerprint density at radius 3 is 2.12 bits per heavy atom. The summed E-state index contributed by atoms with van der Waals surface area (Å²) in [6.07, 6.45) is 0. The number of rotatable bonds is 7. The second-order valence-electron chi connectivity index (χ2n) is 6.97. The predicted octanol–water partition coefficient (Wildman–Crippen LogP) is 5.68. The molecule has 0 aliphatic rings. The summed E-state index contributed by atoms with van der Waals surface area (Å²) in [7, 11) is 0. The van der Waals surface area contributed by atoms with Crippen molar-refractivity contribution in [3.8, 4) is 6.07 Å². The maximum atomic E-state index is 12.5. The van der Waals surface area contributed by atoms with Gasteiger partial charge in [-0.25, -0.2) is 0 Å². The van der Waals surface area contributed by atoms with E-state index in [1.165, 1.54) is 11.1 Å². The SMILES string of the molecule is CC(C)c1cccc(C(C)C)c1NC(=O)CSCc1ccc(C#N)cc1. The number of anilines is 1. The van der Waals surface area contributed by atoms with Crippen LogP contribution < -0.4 is 5.32 Å². The van der Waals surface area contributed by atoms with Gasteiger partial charge >= 0.3 is 0 Å². The maximum Gasteiger partial charge on any atom is 0.234 e. The fraction of sp³-hybridized carbons (Fsp3) is 0.364. The summed E-state index contributed by atoms with van der Waals surface area (Å²) >= 11 is 1.58. The molecule has 3 nitrogen and oxygen atoms in total. The van der Waals surface area contributed by atoms with Crippen molar-refractivity contribution in [2.75, 3.05) is 11.1 Å². The number of hydrogen-bond donors (Lipinski definition) is 1. The molecule has 0 bridgehead atoms. The van der Waals surface area contributed by atoms with E-state index < -0.39 is 0 Å². The van der Waals surface area contributed by atoms with Crippen LogP contribution >= 0.6 is 11.8 Å². The predicted molar refractivity (Wildman–Crippen MR) is 111 cm³/mol. The number of para-hydroxylation sites is 1. The number of hydrogen-bond acceptors (Lipinski definition) is 3. The van der Waals surface area contributed by atoms with Crippen LogP contribution in [0.5, 0.6) is 0 Å². The molecule has 0 saturated heterocycles. The molecule has 2 aromatic rings. The van der Waals surface area contributed by atoms with Crippen molar-refractivity contribution < 1.29 is 4.79 Å². The molecule has 0 atom stereocenters. The number of carbonyl (C=O) groups is 1.